The summed E-state index contributed by atoms with van der Waals surface area (Å²) in [5, 5.41) is 19.1. The van der Waals surface area contributed by atoms with Crippen LogP contribution in [0, 0.1) is 6.92 Å². The van der Waals surface area contributed by atoms with Crippen molar-refractivity contribution in [1.82, 2.24) is 29.9 Å². The van der Waals surface area contributed by atoms with E-state index in [1.54, 1.807) is 4.68 Å². The fourth-order valence-electron chi connectivity index (χ4n) is 4.21. The van der Waals surface area contributed by atoms with E-state index in [0.717, 1.165) is 51.5 Å². The van der Waals surface area contributed by atoms with Gasteiger partial charge in [-0.25, -0.2) is 14.6 Å². The maximum absolute atomic E-state index is 9.78. The molecule has 2 N–H and O–H groups in total. The number of aryl methyl sites for hydroxylation is 2. The minimum absolute atomic E-state index is 0.0558. The number of hydrogen-bond donors (Lipinski definition) is 2. The predicted molar refractivity (Wildman–Crippen MR) is 118 cm³/mol. The van der Waals surface area contributed by atoms with E-state index in [0.29, 0.717) is 19.0 Å². The number of hydrogen-bond acceptors (Lipinski definition) is 7. The molecule has 4 heterocycles. The number of H-pyrrole nitrogens is 1. The highest BCUT2D eigenvalue weighted by atomic mass is 16.5. The van der Waals surface area contributed by atoms with Crippen LogP contribution in [-0.2, 0) is 18.4 Å². The second kappa shape index (κ2) is 7.75. The molecule has 0 aliphatic carbocycles. The van der Waals surface area contributed by atoms with Crippen LogP contribution in [0.4, 0.5) is 5.82 Å². The highest BCUT2D eigenvalue weighted by molar-refractivity contribution is 5.94. The minimum Gasteiger partial charge on any atom is -0.392 e. The summed E-state index contributed by atoms with van der Waals surface area (Å²) >= 11 is 0. The van der Waals surface area contributed by atoms with Crippen molar-refractivity contribution in [1.29, 1.82) is 0 Å². The molecule has 0 radical (unpaired) electrons. The van der Waals surface area contributed by atoms with E-state index in [-0.39, 0.29) is 12.6 Å². The normalized spacial score (nSPS) is 16.9. The SMILES string of the molecule is Cc1nnn(C)c1-c1cc(N2CCOCC2C)nc(-c2cc(CO)cc3[nH]ccc23)n1. The quantitative estimate of drug-likeness (QED) is 0.523. The molecule has 0 bridgehead atoms. The molecule has 9 nitrogen and oxygen atoms in total. The number of ether oxygens (including phenoxy) is 1. The van der Waals surface area contributed by atoms with Crippen molar-refractivity contribution in [3.8, 4) is 22.8 Å². The molecule has 5 rings (SSSR count). The summed E-state index contributed by atoms with van der Waals surface area (Å²) in [6.45, 7) is 6.08. The Hall–Kier alpha value is -3.30. The van der Waals surface area contributed by atoms with Crippen LogP contribution in [0.2, 0.25) is 0 Å². The van der Waals surface area contributed by atoms with Gasteiger partial charge in [0.2, 0.25) is 0 Å². The van der Waals surface area contributed by atoms with Gasteiger partial charge in [-0.1, -0.05) is 5.21 Å². The van der Waals surface area contributed by atoms with E-state index < -0.39 is 0 Å². The third-order valence-corrected chi connectivity index (χ3v) is 5.76. The van der Waals surface area contributed by atoms with Gasteiger partial charge in [0.05, 0.1) is 37.3 Å². The van der Waals surface area contributed by atoms with E-state index in [9.17, 15) is 5.11 Å². The van der Waals surface area contributed by atoms with Crippen LogP contribution in [0.25, 0.3) is 33.7 Å². The first-order chi connectivity index (χ1) is 15.0. The molecule has 1 fully saturated rings. The maximum atomic E-state index is 9.78. The van der Waals surface area contributed by atoms with E-state index in [1.807, 2.05) is 44.4 Å². The van der Waals surface area contributed by atoms with E-state index in [1.165, 1.54) is 0 Å². The summed E-state index contributed by atoms with van der Waals surface area (Å²) in [5.74, 6) is 1.45. The topological polar surface area (TPSA) is 105 Å². The van der Waals surface area contributed by atoms with Gasteiger partial charge in [-0.15, -0.1) is 5.10 Å². The molecule has 3 aromatic heterocycles. The number of aliphatic hydroxyl groups excluding tert-OH is 1. The third-order valence-electron chi connectivity index (χ3n) is 5.76. The Labute approximate surface area is 179 Å². The van der Waals surface area contributed by atoms with Crippen molar-refractivity contribution < 1.29 is 9.84 Å². The Bertz CT molecular complexity index is 1230. The first-order valence-corrected chi connectivity index (χ1v) is 10.4. The maximum Gasteiger partial charge on any atom is 0.162 e. The van der Waals surface area contributed by atoms with Crippen LogP contribution in [-0.4, -0.2) is 60.9 Å². The van der Waals surface area contributed by atoms with Gasteiger partial charge in [0.25, 0.3) is 0 Å². The number of aromatic nitrogens is 6. The van der Waals surface area contributed by atoms with Gasteiger partial charge in [0.15, 0.2) is 5.82 Å². The number of anilines is 1. The molecule has 9 heteroatoms. The number of benzene rings is 1. The molecule has 31 heavy (non-hydrogen) atoms. The minimum atomic E-state index is -0.0558. The van der Waals surface area contributed by atoms with Gasteiger partial charge in [-0.3, -0.25) is 0 Å². The fraction of sp³-hybridized carbons (Fsp3) is 0.364. The Morgan fingerprint density at radius 3 is 2.87 bits per heavy atom. The molecule has 0 spiro atoms. The lowest BCUT2D eigenvalue weighted by Crippen LogP contribution is -2.44. The van der Waals surface area contributed by atoms with Gasteiger partial charge in [0, 0.05) is 42.3 Å². The number of nitrogens with zero attached hydrogens (tertiary/aromatic N) is 6. The summed E-state index contributed by atoms with van der Waals surface area (Å²) < 4.78 is 7.37. The number of rotatable bonds is 4. The van der Waals surface area contributed by atoms with E-state index >= 15 is 0 Å². The smallest absolute Gasteiger partial charge is 0.162 e. The van der Waals surface area contributed by atoms with Gasteiger partial charge < -0.3 is 19.7 Å². The first-order valence-electron chi connectivity index (χ1n) is 10.4. The van der Waals surface area contributed by atoms with E-state index in [2.05, 4.69) is 27.1 Å². The Balaban J connectivity index is 1.75. The molecule has 1 unspecified atom stereocenters. The summed E-state index contributed by atoms with van der Waals surface area (Å²) in [4.78, 5) is 15.4. The fourth-order valence-corrected chi connectivity index (χ4v) is 4.21. The summed E-state index contributed by atoms with van der Waals surface area (Å²) in [5.41, 5.74) is 5.05. The second-order valence-electron chi connectivity index (χ2n) is 7.94. The summed E-state index contributed by atoms with van der Waals surface area (Å²) in [6.07, 6.45) is 1.89. The molecule has 1 aliphatic heterocycles. The van der Waals surface area contributed by atoms with Gasteiger partial charge in [0.1, 0.15) is 11.5 Å². The van der Waals surface area contributed by atoms with Crippen LogP contribution < -0.4 is 4.90 Å². The van der Waals surface area contributed by atoms with E-state index in [4.69, 9.17) is 14.7 Å². The van der Waals surface area contributed by atoms with Crippen LogP contribution in [0.1, 0.15) is 18.2 Å². The highest BCUT2D eigenvalue weighted by Gasteiger charge is 2.24. The molecule has 0 amide bonds. The monoisotopic (exact) mass is 419 g/mol. The lowest BCUT2D eigenvalue weighted by Gasteiger charge is -2.34. The Morgan fingerprint density at radius 1 is 1.26 bits per heavy atom. The standard InChI is InChI=1S/C22H25N7O2/c1-13-12-31-7-6-29(13)20-10-19(21-14(2)26-27-28(21)3)24-22(25-20)17-8-15(11-30)9-18-16(17)4-5-23-18/h4-5,8-10,13,23,30H,6-7,11-12H2,1-3H3. The molecule has 1 aliphatic rings. The summed E-state index contributed by atoms with van der Waals surface area (Å²) in [6, 6.07) is 8.11. The van der Waals surface area contributed by atoms with Crippen molar-refractivity contribution in [2.75, 3.05) is 24.7 Å². The first kappa shape index (κ1) is 19.7. The van der Waals surface area contributed by atoms with Gasteiger partial charge in [-0.2, -0.15) is 0 Å². The third kappa shape index (κ3) is 3.45. The van der Waals surface area contributed by atoms with Crippen molar-refractivity contribution in [3.63, 3.8) is 0 Å². The molecule has 160 valence electrons. The van der Waals surface area contributed by atoms with Crippen LogP contribution in [0.3, 0.4) is 0 Å². The average Bonchev–Trinajstić information content (AvgIpc) is 3.38. The number of aliphatic hydroxyl groups is 1. The largest absolute Gasteiger partial charge is 0.392 e. The van der Waals surface area contributed by atoms with Gasteiger partial charge in [-0.05, 0) is 37.6 Å². The Kier molecular flexibility index (Phi) is 4.91. The van der Waals surface area contributed by atoms with Crippen molar-refractivity contribution in [2.45, 2.75) is 26.5 Å². The van der Waals surface area contributed by atoms with Gasteiger partial charge >= 0.3 is 0 Å². The molecule has 0 saturated carbocycles. The second-order valence-corrected chi connectivity index (χ2v) is 7.94. The number of fused-ring (bicyclic) bond motifs is 1. The molecular formula is C22H25N7O2. The Morgan fingerprint density at radius 2 is 2.13 bits per heavy atom. The number of aromatic amines is 1. The zero-order valence-electron chi connectivity index (χ0n) is 17.8. The van der Waals surface area contributed by atoms with Crippen LogP contribution in [0.5, 0.6) is 0 Å². The number of nitrogens with one attached hydrogen (secondary N) is 1. The molecule has 1 aromatic carbocycles. The average molecular weight is 419 g/mol. The van der Waals surface area contributed by atoms with Crippen LogP contribution in [0.15, 0.2) is 30.5 Å². The van der Waals surface area contributed by atoms with Crippen molar-refractivity contribution in [2.24, 2.45) is 7.05 Å². The molecular weight excluding hydrogens is 394 g/mol. The molecule has 4 aromatic rings. The lowest BCUT2D eigenvalue weighted by molar-refractivity contribution is 0.0985. The number of morpholine rings is 1. The zero-order valence-corrected chi connectivity index (χ0v) is 17.8. The highest BCUT2D eigenvalue weighted by Crippen LogP contribution is 2.32. The van der Waals surface area contributed by atoms with Crippen molar-refractivity contribution >= 4 is 16.7 Å². The van der Waals surface area contributed by atoms with Crippen molar-refractivity contribution in [3.05, 3.63) is 41.7 Å². The molecule has 1 saturated heterocycles. The predicted octanol–water partition coefficient (Wildman–Crippen LogP) is 2.45. The summed E-state index contributed by atoms with van der Waals surface area (Å²) in [7, 11) is 1.87. The lowest BCUT2D eigenvalue weighted by atomic mass is 10.0. The molecule has 1 atom stereocenters. The van der Waals surface area contributed by atoms with Crippen LogP contribution >= 0.6 is 0 Å². The zero-order chi connectivity index (χ0) is 21.5.